The highest BCUT2D eigenvalue weighted by molar-refractivity contribution is 7.89. The van der Waals surface area contributed by atoms with E-state index in [1.165, 1.54) is 23.5 Å². The number of hydrogen-bond donors (Lipinski definition) is 1. The van der Waals surface area contributed by atoms with Gasteiger partial charge in [0.25, 0.3) is 0 Å². The highest BCUT2D eigenvalue weighted by atomic mass is 35.5. The van der Waals surface area contributed by atoms with E-state index in [1.54, 1.807) is 0 Å². The monoisotopic (exact) mass is 324 g/mol. The van der Waals surface area contributed by atoms with Crippen LogP contribution in [0.3, 0.4) is 0 Å². The summed E-state index contributed by atoms with van der Waals surface area (Å²) in [5, 5.41) is 0.0852. The number of halogens is 2. The number of benzene rings is 1. The van der Waals surface area contributed by atoms with Gasteiger partial charge >= 0.3 is 0 Å². The second-order valence-corrected chi connectivity index (χ2v) is 7.41. The highest BCUT2D eigenvalue weighted by Gasteiger charge is 2.27. The summed E-state index contributed by atoms with van der Waals surface area (Å²) < 4.78 is 26.2. The summed E-state index contributed by atoms with van der Waals surface area (Å²) in [6.45, 7) is 4.41. The van der Waals surface area contributed by atoms with Crippen LogP contribution in [-0.4, -0.2) is 26.3 Å². The summed E-state index contributed by atoms with van der Waals surface area (Å²) in [5.41, 5.74) is 5.90. The molecule has 0 aliphatic carbocycles. The summed E-state index contributed by atoms with van der Waals surface area (Å²) >= 11 is 11.9. The van der Waals surface area contributed by atoms with Crippen LogP contribution < -0.4 is 5.73 Å². The molecule has 0 aromatic heterocycles. The summed E-state index contributed by atoms with van der Waals surface area (Å²) in [5.74, 6) is 0.256. The molecule has 0 amide bonds. The molecule has 0 bridgehead atoms. The third kappa shape index (κ3) is 3.75. The van der Waals surface area contributed by atoms with Crippen molar-refractivity contribution >= 4 is 38.9 Å². The van der Waals surface area contributed by atoms with Crippen LogP contribution >= 0.6 is 23.2 Å². The molecule has 0 aliphatic heterocycles. The molecule has 0 spiro atoms. The minimum absolute atomic E-state index is 0.0426. The molecule has 7 heteroatoms. The van der Waals surface area contributed by atoms with Gasteiger partial charge in [-0.2, -0.15) is 0 Å². The maximum Gasteiger partial charge on any atom is 0.245 e. The van der Waals surface area contributed by atoms with E-state index < -0.39 is 10.0 Å². The molecule has 0 aliphatic rings. The number of nitrogen functional groups attached to an aromatic ring is 1. The van der Waals surface area contributed by atoms with Gasteiger partial charge in [-0.1, -0.05) is 43.5 Å². The largest absolute Gasteiger partial charge is 0.399 e. The Morgan fingerprint density at radius 1 is 1.32 bits per heavy atom. The van der Waals surface area contributed by atoms with Crippen LogP contribution in [0.4, 0.5) is 5.69 Å². The van der Waals surface area contributed by atoms with Crippen molar-refractivity contribution in [2.45, 2.75) is 25.2 Å². The molecule has 1 rings (SSSR count). The lowest BCUT2D eigenvalue weighted by Crippen LogP contribution is -2.31. The molecule has 2 N–H and O–H groups in total. The zero-order chi connectivity index (χ0) is 14.8. The Kier molecular flexibility index (Phi) is 5.50. The molecule has 1 atom stereocenters. The molecule has 19 heavy (non-hydrogen) atoms. The first-order chi connectivity index (χ1) is 8.70. The van der Waals surface area contributed by atoms with E-state index in [0.29, 0.717) is 12.2 Å². The van der Waals surface area contributed by atoms with Crippen molar-refractivity contribution in [3.8, 4) is 0 Å². The first-order valence-corrected chi connectivity index (χ1v) is 8.10. The fraction of sp³-hybridized carbons (Fsp3) is 0.500. The molecule has 1 aromatic rings. The number of sulfonamides is 1. The zero-order valence-electron chi connectivity index (χ0n) is 11.2. The van der Waals surface area contributed by atoms with Crippen LogP contribution in [-0.2, 0) is 10.0 Å². The Hall–Kier alpha value is -0.490. The maximum atomic E-state index is 12.5. The minimum atomic E-state index is -3.71. The Balaban J connectivity index is 3.21. The average Bonchev–Trinajstić information content (AvgIpc) is 2.26. The second-order valence-electron chi connectivity index (χ2n) is 4.61. The molecular weight excluding hydrogens is 307 g/mol. The summed E-state index contributed by atoms with van der Waals surface area (Å²) in [6, 6.07) is 2.77. The number of anilines is 1. The molecule has 108 valence electrons. The SMILES string of the molecule is CCC(C)CN(C)S(=O)(=O)c1c(Cl)cc(N)cc1Cl. The van der Waals surface area contributed by atoms with Gasteiger partial charge in [0.1, 0.15) is 4.90 Å². The highest BCUT2D eigenvalue weighted by Crippen LogP contribution is 2.33. The third-order valence-electron chi connectivity index (χ3n) is 2.95. The molecule has 1 aromatic carbocycles. The second kappa shape index (κ2) is 6.31. The van der Waals surface area contributed by atoms with Crippen LogP contribution in [0.1, 0.15) is 20.3 Å². The van der Waals surface area contributed by atoms with Crippen molar-refractivity contribution < 1.29 is 8.42 Å². The van der Waals surface area contributed by atoms with Gasteiger partial charge in [0.2, 0.25) is 10.0 Å². The average molecular weight is 325 g/mol. The minimum Gasteiger partial charge on any atom is -0.399 e. The third-order valence-corrected chi connectivity index (χ3v) is 5.70. The van der Waals surface area contributed by atoms with Crippen LogP contribution in [0.15, 0.2) is 17.0 Å². The van der Waals surface area contributed by atoms with E-state index in [0.717, 1.165) is 6.42 Å². The Labute approximate surface area is 124 Å². The molecule has 4 nitrogen and oxygen atoms in total. The van der Waals surface area contributed by atoms with Crippen LogP contribution in [0.5, 0.6) is 0 Å². The van der Waals surface area contributed by atoms with Crippen LogP contribution in [0.2, 0.25) is 10.0 Å². The maximum absolute atomic E-state index is 12.5. The van der Waals surface area contributed by atoms with Crippen molar-refractivity contribution in [2.75, 3.05) is 19.3 Å². The molecule has 1 unspecified atom stereocenters. The van der Waals surface area contributed by atoms with Gasteiger partial charge in [-0.05, 0) is 18.1 Å². The zero-order valence-corrected chi connectivity index (χ0v) is 13.5. The number of rotatable bonds is 5. The first kappa shape index (κ1) is 16.6. The topological polar surface area (TPSA) is 63.4 Å². The number of hydrogen-bond acceptors (Lipinski definition) is 3. The Bertz CT molecular complexity index is 538. The predicted octanol–water partition coefficient (Wildman–Crippen LogP) is 3.24. The molecule has 0 radical (unpaired) electrons. The van der Waals surface area contributed by atoms with E-state index in [2.05, 4.69) is 0 Å². The summed E-state index contributed by atoms with van der Waals surface area (Å²) in [4.78, 5) is -0.0872. The number of nitrogens with zero attached hydrogens (tertiary/aromatic N) is 1. The van der Waals surface area contributed by atoms with E-state index in [9.17, 15) is 8.42 Å². The Morgan fingerprint density at radius 3 is 2.21 bits per heavy atom. The predicted molar refractivity (Wildman–Crippen MR) is 80.1 cm³/mol. The van der Waals surface area contributed by atoms with Crippen molar-refractivity contribution in [3.05, 3.63) is 22.2 Å². The summed E-state index contributed by atoms with van der Waals surface area (Å²) in [6.07, 6.45) is 0.892. The fourth-order valence-electron chi connectivity index (χ4n) is 1.65. The molecule has 0 heterocycles. The standard InChI is InChI=1S/C12H18Cl2N2O2S/c1-4-8(2)7-16(3)19(17,18)12-10(13)5-9(15)6-11(12)14/h5-6,8H,4,7,15H2,1-3H3. The van der Waals surface area contributed by atoms with E-state index in [4.69, 9.17) is 28.9 Å². The molecule has 0 fully saturated rings. The fourth-order valence-corrected chi connectivity index (χ4v) is 4.11. The lowest BCUT2D eigenvalue weighted by atomic mass is 10.1. The van der Waals surface area contributed by atoms with E-state index >= 15 is 0 Å². The van der Waals surface area contributed by atoms with Crippen molar-refractivity contribution in [1.82, 2.24) is 4.31 Å². The lowest BCUT2D eigenvalue weighted by Gasteiger charge is -2.21. The Morgan fingerprint density at radius 2 is 1.79 bits per heavy atom. The number of nitrogens with two attached hydrogens (primary N) is 1. The molecular formula is C12H18Cl2N2O2S. The first-order valence-electron chi connectivity index (χ1n) is 5.91. The van der Waals surface area contributed by atoms with Gasteiger partial charge in [-0.25, -0.2) is 12.7 Å². The van der Waals surface area contributed by atoms with Gasteiger partial charge in [-0.15, -0.1) is 0 Å². The van der Waals surface area contributed by atoms with Gasteiger partial charge in [0.05, 0.1) is 10.0 Å². The van der Waals surface area contributed by atoms with Crippen molar-refractivity contribution in [2.24, 2.45) is 5.92 Å². The van der Waals surface area contributed by atoms with Crippen molar-refractivity contribution in [1.29, 1.82) is 0 Å². The van der Waals surface area contributed by atoms with Gasteiger partial charge in [-0.3, -0.25) is 0 Å². The van der Waals surface area contributed by atoms with Gasteiger partial charge in [0.15, 0.2) is 0 Å². The van der Waals surface area contributed by atoms with Crippen LogP contribution in [0, 0.1) is 5.92 Å². The van der Waals surface area contributed by atoms with Crippen LogP contribution in [0.25, 0.3) is 0 Å². The van der Waals surface area contributed by atoms with E-state index in [-0.39, 0.29) is 20.9 Å². The summed E-state index contributed by atoms with van der Waals surface area (Å²) in [7, 11) is -2.19. The normalized spacial score (nSPS) is 13.8. The van der Waals surface area contributed by atoms with Crippen molar-refractivity contribution in [3.63, 3.8) is 0 Å². The van der Waals surface area contributed by atoms with E-state index in [1.807, 2.05) is 13.8 Å². The molecule has 0 saturated heterocycles. The quantitative estimate of drug-likeness (QED) is 0.845. The smallest absolute Gasteiger partial charge is 0.245 e. The molecule has 0 saturated carbocycles. The van der Waals surface area contributed by atoms with Gasteiger partial charge in [0, 0.05) is 19.3 Å². The lowest BCUT2D eigenvalue weighted by molar-refractivity contribution is 0.394. The van der Waals surface area contributed by atoms with Gasteiger partial charge < -0.3 is 5.73 Å².